The van der Waals surface area contributed by atoms with Crippen LogP contribution in [0.15, 0.2) is 0 Å². The first-order valence-electron chi connectivity index (χ1n) is 5.86. The highest BCUT2D eigenvalue weighted by atomic mass is 16.5. The molecule has 0 aromatic carbocycles. The summed E-state index contributed by atoms with van der Waals surface area (Å²) in [6, 6.07) is 0. The molecule has 6 heteroatoms. The van der Waals surface area contributed by atoms with E-state index in [1.807, 2.05) is 19.0 Å². The molecule has 1 aliphatic rings. The largest absolute Gasteiger partial charge is 0.378 e. The number of ether oxygens (including phenoxy) is 1. The molecule has 98 valence electrons. The summed E-state index contributed by atoms with van der Waals surface area (Å²) < 4.78 is 5.42. The molecule has 1 saturated heterocycles. The van der Waals surface area contributed by atoms with Crippen LogP contribution in [0.2, 0.25) is 0 Å². The second-order valence-corrected chi connectivity index (χ2v) is 4.32. The van der Waals surface area contributed by atoms with Crippen LogP contribution >= 0.6 is 0 Å². The van der Waals surface area contributed by atoms with Gasteiger partial charge in [0.2, 0.25) is 11.8 Å². The molecule has 1 aliphatic heterocycles. The van der Waals surface area contributed by atoms with Crippen molar-refractivity contribution in [3.05, 3.63) is 0 Å². The Bertz CT molecular complexity index is 269. The lowest BCUT2D eigenvalue weighted by Crippen LogP contribution is -2.37. The highest BCUT2D eigenvalue weighted by Gasteiger charge is 2.19. The molecule has 0 spiro atoms. The molecule has 0 bridgehead atoms. The summed E-state index contributed by atoms with van der Waals surface area (Å²) in [6.45, 7) is 3.20. The van der Waals surface area contributed by atoms with Crippen LogP contribution in [0.3, 0.4) is 0 Å². The Morgan fingerprint density at radius 2 is 2.12 bits per heavy atom. The third kappa shape index (κ3) is 5.65. The predicted octanol–water partition coefficient (Wildman–Crippen LogP) is -1.09. The molecule has 0 radical (unpaired) electrons. The van der Waals surface area contributed by atoms with Gasteiger partial charge in [0.25, 0.3) is 0 Å². The molecule has 2 amide bonds. The monoisotopic (exact) mass is 243 g/mol. The third-order valence-electron chi connectivity index (χ3n) is 2.59. The van der Waals surface area contributed by atoms with E-state index < -0.39 is 0 Å². The average molecular weight is 243 g/mol. The van der Waals surface area contributed by atoms with Crippen LogP contribution in [0.5, 0.6) is 0 Å². The van der Waals surface area contributed by atoms with Crippen molar-refractivity contribution < 1.29 is 14.3 Å². The SMILES string of the molecule is CN(C)CCOCCN1CCC(=O)NCC1=O. The Morgan fingerprint density at radius 1 is 1.35 bits per heavy atom. The molecule has 17 heavy (non-hydrogen) atoms. The van der Waals surface area contributed by atoms with Gasteiger partial charge < -0.3 is 19.9 Å². The van der Waals surface area contributed by atoms with Gasteiger partial charge in [0.15, 0.2) is 0 Å². The first kappa shape index (κ1) is 13.9. The topological polar surface area (TPSA) is 61.9 Å². The molecule has 0 unspecified atom stereocenters. The average Bonchev–Trinajstić information content (AvgIpc) is 2.43. The predicted molar refractivity (Wildman–Crippen MR) is 63.6 cm³/mol. The van der Waals surface area contributed by atoms with Gasteiger partial charge in [-0.25, -0.2) is 0 Å². The van der Waals surface area contributed by atoms with Gasteiger partial charge in [-0.15, -0.1) is 0 Å². The lowest BCUT2D eigenvalue weighted by molar-refractivity contribution is -0.130. The van der Waals surface area contributed by atoms with E-state index in [0.717, 1.165) is 6.54 Å². The van der Waals surface area contributed by atoms with E-state index in [2.05, 4.69) is 5.32 Å². The minimum absolute atomic E-state index is 0.0351. The fourth-order valence-corrected chi connectivity index (χ4v) is 1.50. The maximum absolute atomic E-state index is 11.6. The number of carbonyl (C=O) groups excluding carboxylic acids is 2. The zero-order chi connectivity index (χ0) is 12.7. The number of hydrogen-bond acceptors (Lipinski definition) is 4. The van der Waals surface area contributed by atoms with Crippen LogP contribution in [0.25, 0.3) is 0 Å². The first-order valence-corrected chi connectivity index (χ1v) is 5.86. The van der Waals surface area contributed by atoms with E-state index in [4.69, 9.17) is 4.74 Å². The van der Waals surface area contributed by atoms with Crippen molar-refractivity contribution in [2.24, 2.45) is 0 Å². The molecule has 0 aliphatic carbocycles. The van der Waals surface area contributed by atoms with Gasteiger partial charge in [-0.3, -0.25) is 9.59 Å². The number of hydrogen-bond donors (Lipinski definition) is 1. The van der Waals surface area contributed by atoms with Gasteiger partial charge in [-0.2, -0.15) is 0 Å². The second kappa shape index (κ2) is 7.24. The Morgan fingerprint density at radius 3 is 2.82 bits per heavy atom. The molecule has 0 saturated carbocycles. The number of carbonyl (C=O) groups is 2. The minimum Gasteiger partial charge on any atom is -0.378 e. The van der Waals surface area contributed by atoms with Crippen molar-refractivity contribution in [1.29, 1.82) is 0 Å². The van der Waals surface area contributed by atoms with Crippen LogP contribution in [0.1, 0.15) is 6.42 Å². The highest BCUT2D eigenvalue weighted by molar-refractivity contribution is 5.87. The fraction of sp³-hybridized carbons (Fsp3) is 0.818. The lowest BCUT2D eigenvalue weighted by atomic mass is 10.4. The normalized spacial score (nSPS) is 17.2. The molecule has 0 atom stereocenters. The lowest BCUT2D eigenvalue weighted by Gasteiger charge is -2.19. The Hall–Kier alpha value is -1.14. The van der Waals surface area contributed by atoms with E-state index >= 15 is 0 Å². The quantitative estimate of drug-likeness (QED) is 0.602. The Balaban J connectivity index is 2.16. The molecule has 1 fully saturated rings. The van der Waals surface area contributed by atoms with Crippen LogP contribution in [-0.4, -0.2) is 75.1 Å². The molecule has 6 nitrogen and oxygen atoms in total. The Labute approximate surface area is 102 Å². The van der Waals surface area contributed by atoms with Crippen molar-refractivity contribution in [2.75, 3.05) is 53.5 Å². The summed E-state index contributed by atoms with van der Waals surface area (Å²) in [4.78, 5) is 26.4. The molecule has 1 rings (SSSR count). The molecular formula is C11H21N3O3. The summed E-state index contributed by atoms with van der Waals surface area (Å²) in [5.74, 6) is -0.0959. The number of amides is 2. The number of rotatable bonds is 6. The smallest absolute Gasteiger partial charge is 0.242 e. The summed E-state index contributed by atoms with van der Waals surface area (Å²) in [6.07, 6.45) is 0.378. The van der Waals surface area contributed by atoms with Gasteiger partial charge in [-0.05, 0) is 14.1 Å². The van der Waals surface area contributed by atoms with Crippen molar-refractivity contribution in [3.8, 4) is 0 Å². The summed E-state index contributed by atoms with van der Waals surface area (Å²) in [7, 11) is 3.97. The second-order valence-electron chi connectivity index (χ2n) is 4.32. The van der Waals surface area contributed by atoms with Gasteiger partial charge in [0.05, 0.1) is 19.8 Å². The molecule has 0 aromatic rings. The van der Waals surface area contributed by atoms with E-state index in [0.29, 0.717) is 32.7 Å². The molecule has 0 aromatic heterocycles. The number of nitrogens with zero attached hydrogens (tertiary/aromatic N) is 2. The van der Waals surface area contributed by atoms with Crippen LogP contribution < -0.4 is 5.32 Å². The zero-order valence-corrected chi connectivity index (χ0v) is 10.6. The van der Waals surface area contributed by atoms with Gasteiger partial charge in [0.1, 0.15) is 0 Å². The van der Waals surface area contributed by atoms with Crippen molar-refractivity contribution in [2.45, 2.75) is 6.42 Å². The maximum Gasteiger partial charge on any atom is 0.242 e. The van der Waals surface area contributed by atoms with E-state index in [1.165, 1.54) is 0 Å². The van der Waals surface area contributed by atoms with E-state index in [1.54, 1.807) is 4.90 Å². The van der Waals surface area contributed by atoms with Crippen molar-refractivity contribution in [3.63, 3.8) is 0 Å². The molecule has 1 N–H and O–H groups in total. The van der Waals surface area contributed by atoms with Crippen LogP contribution in [0.4, 0.5) is 0 Å². The van der Waals surface area contributed by atoms with Crippen LogP contribution in [-0.2, 0) is 14.3 Å². The minimum atomic E-state index is -0.0608. The van der Waals surface area contributed by atoms with E-state index in [9.17, 15) is 9.59 Å². The summed E-state index contributed by atoms with van der Waals surface area (Å²) in [5, 5.41) is 2.56. The zero-order valence-electron chi connectivity index (χ0n) is 10.6. The first-order chi connectivity index (χ1) is 8.09. The third-order valence-corrected chi connectivity index (χ3v) is 2.59. The van der Waals surface area contributed by atoms with Gasteiger partial charge in [0, 0.05) is 26.1 Å². The maximum atomic E-state index is 11.6. The van der Waals surface area contributed by atoms with Crippen molar-refractivity contribution >= 4 is 11.8 Å². The van der Waals surface area contributed by atoms with Gasteiger partial charge in [-0.1, -0.05) is 0 Å². The highest BCUT2D eigenvalue weighted by Crippen LogP contribution is 1.97. The molecule has 1 heterocycles. The molecular weight excluding hydrogens is 222 g/mol. The fourth-order valence-electron chi connectivity index (χ4n) is 1.50. The number of nitrogens with one attached hydrogen (secondary N) is 1. The van der Waals surface area contributed by atoms with Crippen LogP contribution in [0, 0.1) is 0 Å². The van der Waals surface area contributed by atoms with Gasteiger partial charge >= 0.3 is 0 Å². The summed E-state index contributed by atoms with van der Waals surface area (Å²) in [5.41, 5.74) is 0. The Kier molecular flexibility index (Phi) is 5.93. The van der Waals surface area contributed by atoms with E-state index in [-0.39, 0.29) is 18.4 Å². The number of likely N-dealkylation sites (N-methyl/N-ethyl adjacent to an activating group) is 1. The standard InChI is InChI=1S/C11H21N3O3/c1-13(2)5-7-17-8-6-14-4-3-10(15)12-9-11(14)16/h3-9H2,1-2H3,(H,12,15). The summed E-state index contributed by atoms with van der Waals surface area (Å²) >= 11 is 0. The van der Waals surface area contributed by atoms with Crippen molar-refractivity contribution in [1.82, 2.24) is 15.1 Å².